The second-order valence-corrected chi connectivity index (χ2v) is 6.70. The van der Waals surface area contributed by atoms with E-state index in [0.29, 0.717) is 0 Å². The zero-order valence-corrected chi connectivity index (χ0v) is 13.8. The Morgan fingerprint density at radius 1 is 1.00 bits per heavy atom. The standard InChI is InChI=1S/C9H8N2S.C4H6N2S2/c1-7-10-11-9(12-7)8-5-3-2-4-6-8;1-3-5-4(7-2)6-8-3/h2-6H,1H3;1-2H3. The average Bonchev–Trinajstić information content (AvgIpc) is 3.09. The van der Waals surface area contributed by atoms with E-state index in [1.807, 2.05) is 50.4 Å². The molecular weight excluding hydrogens is 308 g/mol. The molecule has 0 atom stereocenters. The summed E-state index contributed by atoms with van der Waals surface area (Å²) in [6, 6.07) is 10.1. The minimum Gasteiger partial charge on any atom is -0.215 e. The van der Waals surface area contributed by atoms with Gasteiger partial charge in [-0.1, -0.05) is 53.4 Å². The largest absolute Gasteiger partial charge is 0.215 e. The zero-order chi connectivity index (χ0) is 14.4. The third-order valence-corrected chi connectivity index (χ3v) is 4.41. The topological polar surface area (TPSA) is 51.6 Å². The molecule has 0 bridgehead atoms. The maximum absolute atomic E-state index is 4.10. The van der Waals surface area contributed by atoms with Crippen molar-refractivity contribution in [2.24, 2.45) is 0 Å². The van der Waals surface area contributed by atoms with Crippen molar-refractivity contribution in [3.05, 3.63) is 40.3 Å². The van der Waals surface area contributed by atoms with Crippen LogP contribution in [0.2, 0.25) is 0 Å². The van der Waals surface area contributed by atoms with Crippen LogP contribution in [0.15, 0.2) is 35.5 Å². The lowest BCUT2D eigenvalue weighted by Crippen LogP contribution is -1.74. The Labute approximate surface area is 130 Å². The molecule has 3 rings (SSSR count). The number of hydrogen-bond donors (Lipinski definition) is 0. The van der Waals surface area contributed by atoms with Gasteiger partial charge >= 0.3 is 0 Å². The van der Waals surface area contributed by atoms with Gasteiger partial charge in [0.25, 0.3) is 0 Å². The third-order valence-electron chi connectivity index (χ3n) is 2.24. The molecule has 2 aromatic heterocycles. The molecule has 0 amide bonds. The predicted octanol–water partition coefficient (Wildman–Crippen LogP) is 4.08. The smallest absolute Gasteiger partial charge is 0.200 e. The quantitative estimate of drug-likeness (QED) is 0.665. The van der Waals surface area contributed by atoms with E-state index < -0.39 is 0 Å². The normalized spacial score (nSPS) is 9.95. The first kappa shape index (κ1) is 15.1. The summed E-state index contributed by atoms with van der Waals surface area (Å²) >= 11 is 4.64. The Hall–Kier alpha value is -1.31. The van der Waals surface area contributed by atoms with Gasteiger partial charge in [-0.2, -0.15) is 4.37 Å². The fourth-order valence-electron chi connectivity index (χ4n) is 1.36. The molecule has 7 heteroatoms. The van der Waals surface area contributed by atoms with Gasteiger partial charge in [0.2, 0.25) is 0 Å². The maximum atomic E-state index is 4.10. The van der Waals surface area contributed by atoms with Crippen LogP contribution < -0.4 is 0 Å². The van der Waals surface area contributed by atoms with Gasteiger partial charge in [-0.15, -0.1) is 10.2 Å². The highest BCUT2D eigenvalue weighted by atomic mass is 32.2. The SMILES string of the molecule is CSc1nsc(C)n1.Cc1nnc(-c2ccccc2)s1. The summed E-state index contributed by atoms with van der Waals surface area (Å²) in [7, 11) is 0. The minimum absolute atomic E-state index is 0.882. The van der Waals surface area contributed by atoms with Gasteiger partial charge < -0.3 is 0 Å². The van der Waals surface area contributed by atoms with Crippen LogP contribution in [-0.2, 0) is 0 Å². The molecule has 0 unspecified atom stereocenters. The van der Waals surface area contributed by atoms with E-state index in [1.165, 1.54) is 11.5 Å². The molecule has 0 radical (unpaired) electrons. The summed E-state index contributed by atoms with van der Waals surface area (Å²) in [6.07, 6.45) is 1.97. The van der Waals surface area contributed by atoms with E-state index in [-0.39, 0.29) is 0 Å². The Bertz CT molecular complexity index is 648. The lowest BCUT2D eigenvalue weighted by molar-refractivity contribution is 1.05. The molecule has 0 aliphatic carbocycles. The fraction of sp³-hybridized carbons (Fsp3) is 0.231. The van der Waals surface area contributed by atoms with Crippen LogP contribution in [0.25, 0.3) is 10.6 Å². The highest BCUT2D eigenvalue weighted by Gasteiger charge is 2.01. The monoisotopic (exact) mass is 322 g/mol. The molecule has 0 saturated carbocycles. The van der Waals surface area contributed by atoms with E-state index in [0.717, 1.165) is 25.7 Å². The summed E-state index contributed by atoms with van der Waals surface area (Å²) in [5, 5.41) is 11.9. The van der Waals surface area contributed by atoms with E-state index in [9.17, 15) is 0 Å². The zero-order valence-electron chi connectivity index (χ0n) is 11.4. The Kier molecular flexibility index (Phi) is 5.63. The molecule has 0 fully saturated rings. The summed E-state index contributed by atoms with van der Waals surface area (Å²) in [5.74, 6) is 0. The van der Waals surface area contributed by atoms with E-state index in [2.05, 4.69) is 19.6 Å². The van der Waals surface area contributed by atoms with Gasteiger partial charge in [0.05, 0.1) is 0 Å². The number of rotatable bonds is 2. The van der Waals surface area contributed by atoms with Crippen molar-refractivity contribution in [2.75, 3.05) is 6.26 Å². The van der Waals surface area contributed by atoms with Crippen molar-refractivity contribution in [3.8, 4) is 10.6 Å². The van der Waals surface area contributed by atoms with Gasteiger partial charge in [-0.3, -0.25) is 0 Å². The Morgan fingerprint density at radius 3 is 2.20 bits per heavy atom. The first-order chi connectivity index (χ1) is 9.69. The molecule has 104 valence electrons. The number of aromatic nitrogens is 4. The number of hydrogen-bond acceptors (Lipinski definition) is 7. The van der Waals surface area contributed by atoms with Gasteiger partial charge in [-0.25, -0.2) is 4.98 Å². The van der Waals surface area contributed by atoms with Gasteiger partial charge in [-0.05, 0) is 31.6 Å². The van der Waals surface area contributed by atoms with Crippen molar-refractivity contribution >= 4 is 34.6 Å². The average molecular weight is 322 g/mol. The third kappa shape index (κ3) is 4.36. The summed E-state index contributed by atoms with van der Waals surface area (Å²) in [4.78, 5) is 4.10. The van der Waals surface area contributed by atoms with Gasteiger partial charge in [0.1, 0.15) is 15.0 Å². The molecule has 0 spiro atoms. The van der Waals surface area contributed by atoms with E-state index >= 15 is 0 Å². The molecule has 0 N–H and O–H groups in total. The minimum atomic E-state index is 0.882. The fourth-order valence-corrected chi connectivity index (χ4v) is 3.13. The molecule has 0 aliphatic rings. The van der Waals surface area contributed by atoms with Crippen LogP contribution in [0.3, 0.4) is 0 Å². The predicted molar refractivity (Wildman–Crippen MR) is 86.5 cm³/mol. The molecular formula is C13H14N4S3. The van der Waals surface area contributed by atoms with E-state index in [1.54, 1.807) is 23.1 Å². The summed E-state index contributed by atoms with van der Waals surface area (Å²) < 4.78 is 4.03. The summed E-state index contributed by atoms with van der Waals surface area (Å²) in [6.45, 7) is 3.92. The Morgan fingerprint density at radius 2 is 1.75 bits per heavy atom. The first-order valence-electron chi connectivity index (χ1n) is 5.89. The molecule has 3 aromatic rings. The van der Waals surface area contributed by atoms with Gasteiger partial charge in [0.15, 0.2) is 5.16 Å². The van der Waals surface area contributed by atoms with Crippen LogP contribution in [0, 0.1) is 13.8 Å². The maximum Gasteiger partial charge on any atom is 0.200 e. The molecule has 0 saturated heterocycles. The number of benzene rings is 1. The highest BCUT2D eigenvalue weighted by Crippen LogP contribution is 2.21. The van der Waals surface area contributed by atoms with Crippen molar-refractivity contribution in [1.82, 2.24) is 19.6 Å². The van der Waals surface area contributed by atoms with Gasteiger partial charge in [0, 0.05) is 5.56 Å². The van der Waals surface area contributed by atoms with Crippen LogP contribution in [0.4, 0.5) is 0 Å². The molecule has 4 nitrogen and oxygen atoms in total. The lowest BCUT2D eigenvalue weighted by Gasteiger charge is -1.90. The number of aryl methyl sites for hydroxylation is 2. The van der Waals surface area contributed by atoms with E-state index in [4.69, 9.17) is 0 Å². The molecule has 1 aromatic carbocycles. The van der Waals surface area contributed by atoms with Crippen molar-refractivity contribution in [1.29, 1.82) is 0 Å². The van der Waals surface area contributed by atoms with Crippen LogP contribution in [0.1, 0.15) is 10.0 Å². The Balaban J connectivity index is 0.000000160. The molecule has 2 heterocycles. The second-order valence-electron chi connectivity index (χ2n) is 3.79. The lowest BCUT2D eigenvalue weighted by atomic mass is 10.2. The number of thioether (sulfide) groups is 1. The first-order valence-corrected chi connectivity index (χ1v) is 8.70. The molecule has 20 heavy (non-hydrogen) atoms. The summed E-state index contributed by atoms with van der Waals surface area (Å²) in [5.41, 5.74) is 1.14. The van der Waals surface area contributed by atoms with Crippen LogP contribution in [0.5, 0.6) is 0 Å². The van der Waals surface area contributed by atoms with Crippen molar-refractivity contribution < 1.29 is 0 Å². The second kappa shape index (κ2) is 7.47. The van der Waals surface area contributed by atoms with Crippen LogP contribution in [-0.4, -0.2) is 25.8 Å². The molecule has 0 aliphatic heterocycles. The number of nitrogens with zero attached hydrogens (tertiary/aromatic N) is 4. The van der Waals surface area contributed by atoms with Crippen molar-refractivity contribution in [2.45, 2.75) is 19.0 Å². The van der Waals surface area contributed by atoms with Crippen LogP contribution >= 0.6 is 34.6 Å². The highest BCUT2D eigenvalue weighted by molar-refractivity contribution is 7.98. The van der Waals surface area contributed by atoms with Crippen molar-refractivity contribution in [3.63, 3.8) is 0 Å².